The van der Waals surface area contributed by atoms with E-state index in [1.54, 1.807) is 24.4 Å². The van der Waals surface area contributed by atoms with Crippen molar-refractivity contribution in [3.8, 4) is 5.88 Å². The second-order valence-electron chi connectivity index (χ2n) is 7.92. The fraction of sp³-hybridized carbons (Fsp3) is 0.476. The van der Waals surface area contributed by atoms with Crippen molar-refractivity contribution >= 4 is 17.6 Å². The van der Waals surface area contributed by atoms with Crippen molar-refractivity contribution in [1.29, 1.82) is 0 Å². The summed E-state index contributed by atoms with van der Waals surface area (Å²) in [4.78, 5) is 24.7. The summed E-state index contributed by atoms with van der Waals surface area (Å²) in [5.41, 5.74) is 1.81. The second-order valence-corrected chi connectivity index (χ2v) is 7.92. The van der Waals surface area contributed by atoms with Gasteiger partial charge in [0.1, 0.15) is 11.4 Å². The molecule has 1 aromatic heterocycles. The molecule has 1 aliphatic rings. The van der Waals surface area contributed by atoms with Gasteiger partial charge in [-0.1, -0.05) is 12.1 Å². The van der Waals surface area contributed by atoms with Gasteiger partial charge in [0.25, 0.3) is 0 Å². The van der Waals surface area contributed by atoms with E-state index in [-0.39, 0.29) is 6.09 Å². The lowest BCUT2D eigenvalue weighted by Crippen LogP contribution is -2.50. The first-order valence-corrected chi connectivity index (χ1v) is 9.76. The van der Waals surface area contributed by atoms with Gasteiger partial charge in [0.2, 0.25) is 5.88 Å². The number of nitrogens with one attached hydrogen (secondary N) is 1. The average molecular weight is 399 g/mol. The molecule has 1 aliphatic heterocycles. The zero-order chi connectivity index (χ0) is 20.9. The molecule has 0 unspecified atom stereocenters. The number of aromatic nitrogens is 2. The third-order valence-electron chi connectivity index (χ3n) is 4.50. The van der Waals surface area contributed by atoms with E-state index in [1.807, 2.05) is 26.8 Å². The molecular formula is C21H29N5O3. The Hall–Kier alpha value is -3.03. The number of amides is 1. The number of carbonyl (C=O) groups excluding carboxylic acids is 1. The van der Waals surface area contributed by atoms with Crippen LogP contribution < -0.4 is 15.0 Å². The number of hydrogen-bond acceptors (Lipinski definition) is 7. The van der Waals surface area contributed by atoms with Crippen molar-refractivity contribution in [3.05, 3.63) is 42.2 Å². The van der Waals surface area contributed by atoms with Crippen LogP contribution in [0.1, 0.15) is 26.3 Å². The molecule has 156 valence electrons. The van der Waals surface area contributed by atoms with Crippen molar-refractivity contribution in [2.24, 2.45) is 0 Å². The minimum Gasteiger partial charge on any atom is -0.480 e. The lowest BCUT2D eigenvalue weighted by atomic mass is 10.1. The molecule has 2 heterocycles. The number of carbonyl (C=O) groups is 1. The molecule has 1 amide bonds. The summed E-state index contributed by atoms with van der Waals surface area (Å²) in [5, 5.41) is 3.27. The molecule has 8 nitrogen and oxygen atoms in total. The summed E-state index contributed by atoms with van der Waals surface area (Å²) in [7, 11) is 1.57. The summed E-state index contributed by atoms with van der Waals surface area (Å²) < 4.78 is 10.6. The van der Waals surface area contributed by atoms with Crippen LogP contribution in [0, 0.1) is 0 Å². The Bertz CT molecular complexity index is 829. The summed E-state index contributed by atoms with van der Waals surface area (Å²) in [6.07, 6.45) is 3.00. The van der Waals surface area contributed by atoms with Crippen LogP contribution in [0.2, 0.25) is 0 Å². The van der Waals surface area contributed by atoms with Gasteiger partial charge < -0.3 is 24.6 Å². The highest BCUT2D eigenvalue weighted by atomic mass is 16.6. The lowest BCUT2D eigenvalue weighted by molar-refractivity contribution is 0.0240. The number of nitrogens with zero attached hydrogens (tertiary/aromatic N) is 4. The van der Waals surface area contributed by atoms with Crippen LogP contribution in [-0.4, -0.2) is 59.9 Å². The number of hydrogen-bond donors (Lipinski definition) is 1. The molecule has 8 heteroatoms. The highest BCUT2D eigenvalue weighted by Gasteiger charge is 2.25. The zero-order valence-corrected chi connectivity index (χ0v) is 17.5. The molecule has 1 fully saturated rings. The third-order valence-corrected chi connectivity index (χ3v) is 4.50. The highest BCUT2D eigenvalue weighted by molar-refractivity contribution is 5.68. The van der Waals surface area contributed by atoms with Crippen molar-refractivity contribution in [3.63, 3.8) is 0 Å². The predicted molar refractivity (Wildman–Crippen MR) is 112 cm³/mol. The highest BCUT2D eigenvalue weighted by Crippen LogP contribution is 2.20. The average Bonchev–Trinajstić information content (AvgIpc) is 2.71. The van der Waals surface area contributed by atoms with Gasteiger partial charge in [0, 0.05) is 38.4 Å². The van der Waals surface area contributed by atoms with Gasteiger partial charge in [-0.3, -0.25) is 4.98 Å². The molecule has 1 N–H and O–H groups in total. The van der Waals surface area contributed by atoms with Crippen LogP contribution in [-0.2, 0) is 11.3 Å². The molecule has 0 atom stereocenters. The summed E-state index contributed by atoms with van der Waals surface area (Å²) >= 11 is 0. The van der Waals surface area contributed by atoms with E-state index in [2.05, 4.69) is 38.4 Å². The first kappa shape index (κ1) is 20.7. The van der Waals surface area contributed by atoms with E-state index in [0.717, 1.165) is 24.3 Å². The number of rotatable bonds is 5. The van der Waals surface area contributed by atoms with Crippen molar-refractivity contribution < 1.29 is 14.3 Å². The van der Waals surface area contributed by atoms with Crippen LogP contribution in [0.4, 0.5) is 16.3 Å². The van der Waals surface area contributed by atoms with Crippen molar-refractivity contribution in [2.45, 2.75) is 32.9 Å². The Labute approximate surface area is 171 Å². The monoisotopic (exact) mass is 399 g/mol. The van der Waals surface area contributed by atoms with E-state index < -0.39 is 5.60 Å². The number of methoxy groups -OCH3 is 1. The fourth-order valence-electron chi connectivity index (χ4n) is 3.06. The van der Waals surface area contributed by atoms with Crippen LogP contribution in [0.25, 0.3) is 0 Å². The molecule has 3 rings (SSSR count). The summed E-state index contributed by atoms with van der Waals surface area (Å²) in [6.45, 7) is 9.14. The standard InChI is InChI=1S/C21H29N5O3/c1-21(2,3)29-20(27)26-10-8-25(9-11-26)17-7-5-6-16(12-17)13-23-18-14-22-15-19(24-18)28-4/h5-7,12,14-15H,8-11,13H2,1-4H3,(H,23,24). The molecule has 29 heavy (non-hydrogen) atoms. The van der Waals surface area contributed by atoms with Crippen LogP contribution >= 0.6 is 0 Å². The van der Waals surface area contributed by atoms with Gasteiger partial charge in [-0.25, -0.2) is 4.79 Å². The topological polar surface area (TPSA) is 79.8 Å². The van der Waals surface area contributed by atoms with E-state index in [9.17, 15) is 4.79 Å². The fourth-order valence-corrected chi connectivity index (χ4v) is 3.06. The van der Waals surface area contributed by atoms with E-state index >= 15 is 0 Å². The zero-order valence-electron chi connectivity index (χ0n) is 17.5. The van der Waals surface area contributed by atoms with E-state index in [1.165, 1.54) is 0 Å². The largest absolute Gasteiger partial charge is 0.480 e. The molecule has 0 saturated carbocycles. The predicted octanol–water partition coefficient (Wildman–Crippen LogP) is 3.15. The van der Waals surface area contributed by atoms with Gasteiger partial charge in [-0.2, -0.15) is 4.98 Å². The maximum absolute atomic E-state index is 12.2. The SMILES string of the molecule is COc1cncc(NCc2cccc(N3CCN(C(=O)OC(C)(C)C)CC3)c2)n1. The van der Waals surface area contributed by atoms with Crippen LogP contribution in [0.3, 0.4) is 0 Å². The van der Waals surface area contributed by atoms with E-state index in [4.69, 9.17) is 9.47 Å². The Balaban J connectivity index is 1.55. The van der Waals surface area contributed by atoms with E-state index in [0.29, 0.717) is 31.3 Å². The van der Waals surface area contributed by atoms with Gasteiger partial charge in [0.15, 0.2) is 0 Å². The van der Waals surface area contributed by atoms with Crippen molar-refractivity contribution in [2.75, 3.05) is 43.5 Å². The normalized spacial score (nSPS) is 14.5. The van der Waals surface area contributed by atoms with Gasteiger partial charge in [-0.05, 0) is 38.5 Å². The van der Waals surface area contributed by atoms with Gasteiger partial charge in [0.05, 0.1) is 19.5 Å². The van der Waals surface area contributed by atoms with Crippen LogP contribution in [0.5, 0.6) is 5.88 Å². The second kappa shape index (κ2) is 8.98. The molecule has 0 aliphatic carbocycles. The lowest BCUT2D eigenvalue weighted by Gasteiger charge is -2.36. The number of piperazine rings is 1. The molecule has 0 spiro atoms. The maximum Gasteiger partial charge on any atom is 0.410 e. The number of benzene rings is 1. The van der Waals surface area contributed by atoms with Gasteiger partial charge in [-0.15, -0.1) is 0 Å². The molecule has 0 bridgehead atoms. The molecule has 1 aromatic carbocycles. The van der Waals surface area contributed by atoms with Gasteiger partial charge >= 0.3 is 6.09 Å². The summed E-state index contributed by atoms with van der Waals surface area (Å²) in [5.74, 6) is 1.15. The number of anilines is 2. The minimum atomic E-state index is -0.470. The first-order valence-electron chi connectivity index (χ1n) is 9.76. The Morgan fingerprint density at radius 1 is 1.17 bits per heavy atom. The smallest absolute Gasteiger partial charge is 0.410 e. The van der Waals surface area contributed by atoms with Crippen molar-refractivity contribution in [1.82, 2.24) is 14.9 Å². The Morgan fingerprint density at radius 2 is 1.93 bits per heavy atom. The maximum atomic E-state index is 12.2. The minimum absolute atomic E-state index is 0.241. The molecule has 2 aromatic rings. The third kappa shape index (κ3) is 5.97. The Kier molecular flexibility index (Phi) is 6.41. The first-order chi connectivity index (χ1) is 13.8. The summed E-state index contributed by atoms with van der Waals surface area (Å²) in [6, 6.07) is 8.37. The number of ether oxygens (including phenoxy) is 2. The van der Waals surface area contributed by atoms with Crippen LogP contribution in [0.15, 0.2) is 36.7 Å². The molecular weight excluding hydrogens is 370 g/mol. The molecule has 0 radical (unpaired) electrons. The molecule has 1 saturated heterocycles. The quantitative estimate of drug-likeness (QED) is 0.827. The Morgan fingerprint density at radius 3 is 2.62 bits per heavy atom.